The molecule has 1 aromatic carbocycles. The van der Waals surface area contributed by atoms with Gasteiger partial charge in [0.1, 0.15) is 5.82 Å². The molecule has 6 heteroatoms. The van der Waals surface area contributed by atoms with Crippen molar-refractivity contribution in [2.45, 2.75) is 25.8 Å². The molecule has 0 spiro atoms. The van der Waals surface area contributed by atoms with Gasteiger partial charge in [-0.1, -0.05) is 0 Å². The first-order valence-electron chi connectivity index (χ1n) is 8.23. The summed E-state index contributed by atoms with van der Waals surface area (Å²) in [4.78, 5) is 17.0. The van der Waals surface area contributed by atoms with Crippen LogP contribution in [0.5, 0.6) is 0 Å². The number of rotatable bonds is 3. The van der Waals surface area contributed by atoms with E-state index in [4.69, 9.17) is 0 Å². The second-order valence-corrected chi connectivity index (χ2v) is 6.48. The van der Waals surface area contributed by atoms with Crippen LogP contribution in [0.25, 0.3) is 5.69 Å². The fraction of sp³-hybridized carbons (Fsp3) is 0.444. The molecule has 3 rings (SSSR count). The third-order valence-electron chi connectivity index (χ3n) is 4.87. The van der Waals surface area contributed by atoms with Crippen molar-refractivity contribution in [1.82, 2.24) is 19.6 Å². The molecule has 1 saturated heterocycles. The molecular weight excluding hydrogens is 307 g/mol. The lowest BCUT2D eigenvalue weighted by Crippen LogP contribution is -2.44. The highest BCUT2D eigenvalue weighted by atomic mass is 19.1. The van der Waals surface area contributed by atoms with E-state index < -0.39 is 0 Å². The van der Waals surface area contributed by atoms with Gasteiger partial charge in [0.05, 0.1) is 23.1 Å². The number of benzene rings is 1. The third kappa shape index (κ3) is 3.19. The molecule has 2 heterocycles. The summed E-state index contributed by atoms with van der Waals surface area (Å²) >= 11 is 0. The van der Waals surface area contributed by atoms with Gasteiger partial charge >= 0.3 is 0 Å². The number of carbonyl (C=O) groups is 1. The molecule has 2 aromatic rings. The minimum Gasteiger partial charge on any atom is -0.339 e. The van der Waals surface area contributed by atoms with Crippen LogP contribution in [0.3, 0.4) is 0 Å². The Labute approximate surface area is 141 Å². The molecular formula is C18H23FN4O. The average molecular weight is 330 g/mol. The van der Waals surface area contributed by atoms with E-state index in [1.165, 1.54) is 12.1 Å². The summed E-state index contributed by atoms with van der Waals surface area (Å²) in [5.74, 6) is -0.294. The number of amides is 1. The Bertz CT molecular complexity index is 717. The second kappa shape index (κ2) is 6.73. The zero-order valence-corrected chi connectivity index (χ0v) is 14.4. The van der Waals surface area contributed by atoms with Crippen molar-refractivity contribution in [2.75, 3.05) is 27.2 Å². The summed E-state index contributed by atoms with van der Waals surface area (Å²) in [6.07, 6.45) is 3.58. The highest BCUT2D eigenvalue weighted by molar-refractivity contribution is 5.95. The van der Waals surface area contributed by atoms with Gasteiger partial charge in [-0.15, -0.1) is 0 Å². The zero-order chi connectivity index (χ0) is 17.3. The molecule has 1 aliphatic heterocycles. The fourth-order valence-corrected chi connectivity index (χ4v) is 3.20. The minimum atomic E-state index is -0.290. The van der Waals surface area contributed by atoms with Gasteiger partial charge in [0.25, 0.3) is 5.91 Å². The lowest BCUT2D eigenvalue weighted by molar-refractivity contribution is 0.0659. The Morgan fingerprint density at radius 1 is 1.25 bits per heavy atom. The van der Waals surface area contributed by atoms with Gasteiger partial charge in [0, 0.05) is 13.1 Å². The Hall–Kier alpha value is -2.21. The molecule has 0 atom stereocenters. The number of carbonyl (C=O) groups excluding carboxylic acids is 1. The SMILES string of the molecule is Cc1c(C(=O)N(C)C2CCN(C)CC2)cnn1-c1ccc(F)cc1. The summed E-state index contributed by atoms with van der Waals surface area (Å²) in [7, 11) is 3.97. The maximum Gasteiger partial charge on any atom is 0.257 e. The van der Waals surface area contributed by atoms with Gasteiger partial charge < -0.3 is 9.80 Å². The molecule has 0 bridgehead atoms. The first-order valence-corrected chi connectivity index (χ1v) is 8.23. The summed E-state index contributed by atoms with van der Waals surface area (Å²) in [5.41, 5.74) is 2.11. The molecule has 128 valence electrons. The summed E-state index contributed by atoms with van der Waals surface area (Å²) in [6, 6.07) is 6.36. The van der Waals surface area contributed by atoms with Crippen LogP contribution in [0.15, 0.2) is 30.5 Å². The van der Waals surface area contributed by atoms with Gasteiger partial charge in [0.15, 0.2) is 0 Å². The third-order valence-corrected chi connectivity index (χ3v) is 4.87. The first-order chi connectivity index (χ1) is 11.5. The number of aromatic nitrogens is 2. The van der Waals surface area contributed by atoms with Crippen molar-refractivity contribution < 1.29 is 9.18 Å². The first kappa shape index (κ1) is 16.6. The number of halogens is 1. The molecule has 24 heavy (non-hydrogen) atoms. The van der Waals surface area contributed by atoms with Crippen molar-refractivity contribution in [1.29, 1.82) is 0 Å². The average Bonchev–Trinajstić information content (AvgIpc) is 2.96. The van der Waals surface area contributed by atoms with E-state index in [9.17, 15) is 9.18 Å². The smallest absolute Gasteiger partial charge is 0.257 e. The van der Waals surface area contributed by atoms with E-state index in [0.717, 1.165) is 37.3 Å². The van der Waals surface area contributed by atoms with Crippen LogP contribution in [-0.2, 0) is 0 Å². The minimum absolute atomic E-state index is 0.00425. The van der Waals surface area contributed by atoms with Gasteiger partial charge in [0.2, 0.25) is 0 Å². The molecule has 0 radical (unpaired) electrons. The van der Waals surface area contributed by atoms with Crippen molar-refractivity contribution in [3.05, 3.63) is 47.5 Å². The lowest BCUT2D eigenvalue weighted by atomic mass is 10.0. The van der Waals surface area contributed by atoms with Gasteiger partial charge in [-0.25, -0.2) is 9.07 Å². The van der Waals surface area contributed by atoms with E-state index in [0.29, 0.717) is 5.56 Å². The van der Waals surface area contributed by atoms with Gasteiger partial charge in [-0.05, 0) is 64.2 Å². The Morgan fingerprint density at radius 2 is 1.88 bits per heavy atom. The molecule has 0 saturated carbocycles. The molecule has 1 aliphatic rings. The second-order valence-electron chi connectivity index (χ2n) is 6.48. The number of nitrogens with zero attached hydrogens (tertiary/aromatic N) is 4. The Kier molecular flexibility index (Phi) is 4.66. The Balaban J connectivity index is 1.79. The molecule has 1 fully saturated rings. The Morgan fingerprint density at radius 3 is 2.50 bits per heavy atom. The standard InChI is InChI=1S/C18H23FN4O/c1-13-17(12-20-23(13)16-6-4-14(19)5-7-16)18(24)22(3)15-8-10-21(2)11-9-15/h4-7,12,15H,8-11H2,1-3H3. The fourth-order valence-electron chi connectivity index (χ4n) is 3.20. The number of hydrogen-bond acceptors (Lipinski definition) is 3. The summed E-state index contributed by atoms with van der Waals surface area (Å²) in [6.45, 7) is 3.89. The summed E-state index contributed by atoms with van der Waals surface area (Å²) < 4.78 is 14.8. The van der Waals surface area contributed by atoms with Gasteiger partial charge in [-0.3, -0.25) is 4.79 Å². The van der Waals surface area contributed by atoms with E-state index in [1.807, 2.05) is 18.9 Å². The maximum absolute atomic E-state index is 13.1. The largest absolute Gasteiger partial charge is 0.339 e. The van der Waals surface area contributed by atoms with E-state index >= 15 is 0 Å². The van der Waals surface area contributed by atoms with E-state index in [2.05, 4.69) is 17.0 Å². The predicted octanol–water partition coefficient (Wildman–Crippen LogP) is 2.49. The number of likely N-dealkylation sites (tertiary alicyclic amines) is 1. The van der Waals surface area contributed by atoms with Crippen LogP contribution in [0.2, 0.25) is 0 Å². The highest BCUT2D eigenvalue weighted by Crippen LogP contribution is 2.20. The molecule has 1 aromatic heterocycles. The van der Waals surface area contributed by atoms with Crippen LogP contribution in [0.1, 0.15) is 28.9 Å². The highest BCUT2D eigenvalue weighted by Gasteiger charge is 2.26. The molecule has 1 amide bonds. The molecule has 0 N–H and O–H groups in total. The lowest BCUT2D eigenvalue weighted by Gasteiger charge is -2.35. The van der Waals surface area contributed by atoms with Crippen LogP contribution < -0.4 is 0 Å². The van der Waals surface area contributed by atoms with Crippen LogP contribution >= 0.6 is 0 Å². The van der Waals surface area contributed by atoms with Crippen LogP contribution in [0.4, 0.5) is 4.39 Å². The van der Waals surface area contributed by atoms with Crippen LogP contribution in [-0.4, -0.2) is 58.7 Å². The van der Waals surface area contributed by atoms with E-state index in [-0.39, 0.29) is 17.8 Å². The topological polar surface area (TPSA) is 41.4 Å². The number of piperidine rings is 1. The summed E-state index contributed by atoms with van der Waals surface area (Å²) in [5, 5.41) is 4.31. The van der Waals surface area contributed by atoms with Crippen molar-refractivity contribution in [3.8, 4) is 5.69 Å². The molecule has 5 nitrogen and oxygen atoms in total. The molecule has 0 unspecified atom stereocenters. The van der Waals surface area contributed by atoms with Crippen LogP contribution in [0, 0.1) is 12.7 Å². The van der Waals surface area contributed by atoms with Crippen molar-refractivity contribution in [2.24, 2.45) is 0 Å². The van der Waals surface area contributed by atoms with E-state index in [1.54, 1.807) is 23.0 Å². The predicted molar refractivity (Wildman–Crippen MR) is 90.9 cm³/mol. The zero-order valence-electron chi connectivity index (χ0n) is 14.4. The maximum atomic E-state index is 13.1. The van der Waals surface area contributed by atoms with Gasteiger partial charge in [-0.2, -0.15) is 5.10 Å². The van der Waals surface area contributed by atoms with Crippen molar-refractivity contribution >= 4 is 5.91 Å². The number of hydrogen-bond donors (Lipinski definition) is 0. The monoisotopic (exact) mass is 330 g/mol. The normalized spacial score (nSPS) is 16.3. The quantitative estimate of drug-likeness (QED) is 0.868. The molecule has 0 aliphatic carbocycles. The van der Waals surface area contributed by atoms with Crippen molar-refractivity contribution in [3.63, 3.8) is 0 Å².